The molecule has 5 heteroatoms. The Bertz CT molecular complexity index is 825. The number of hydrogen-bond acceptors (Lipinski definition) is 3. The highest BCUT2D eigenvalue weighted by Gasteiger charge is 2.06. The van der Waals surface area contributed by atoms with Gasteiger partial charge in [-0.2, -0.15) is 0 Å². The molecule has 1 aromatic carbocycles. The number of aliphatic hydroxyl groups is 1. The van der Waals surface area contributed by atoms with Gasteiger partial charge in [0.15, 0.2) is 0 Å². The normalized spacial score (nSPS) is 10.3. The van der Waals surface area contributed by atoms with Crippen molar-refractivity contribution in [2.24, 2.45) is 0 Å². The zero-order chi connectivity index (χ0) is 19.5. The van der Waals surface area contributed by atoms with E-state index >= 15 is 0 Å². The van der Waals surface area contributed by atoms with Gasteiger partial charge in [-0.1, -0.05) is 32.4 Å². The Balaban J connectivity index is 0.00000126. The molecule has 3 aromatic rings. The molecular formula is C22H29N3O2. The van der Waals surface area contributed by atoms with E-state index in [0.29, 0.717) is 0 Å². The summed E-state index contributed by atoms with van der Waals surface area (Å²) in [6, 6.07) is 12.1. The lowest BCUT2D eigenvalue weighted by molar-refractivity contribution is -0.109. The van der Waals surface area contributed by atoms with E-state index < -0.39 is 0 Å². The van der Waals surface area contributed by atoms with E-state index in [-0.39, 0.29) is 6.61 Å². The predicted octanol–water partition coefficient (Wildman–Crippen LogP) is 4.00. The number of unbranched alkanes of at least 4 members (excludes halogenated alkanes) is 2. The van der Waals surface area contributed by atoms with Gasteiger partial charge in [-0.3, -0.25) is 4.79 Å². The van der Waals surface area contributed by atoms with E-state index in [1.54, 1.807) is 0 Å². The van der Waals surface area contributed by atoms with Crippen LogP contribution in [0.1, 0.15) is 44.2 Å². The number of fused-ring (bicyclic) bond motifs is 1. The van der Waals surface area contributed by atoms with E-state index in [0.717, 1.165) is 60.9 Å². The van der Waals surface area contributed by atoms with Gasteiger partial charge in [-0.05, 0) is 54.7 Å². The van der Waals surface area contributed by atoms with Gasteiger partial charge < -0.3 is 15.0 Å². The molecular weight excluding hydrogens is 338 g/mol. The molecule has 5 nitrogen and oxygen atoms in total. The predicted molar refractivity (Wildman–Crippen MR) is 110 cm³/mol. The largest absolute Gasteiger partial charge is 0.392 e. The van der Waals surface area contributed by atoms with Crippen LogP contribution in [0.3, 0.4) is 0 Å². The van der Waals surface area contributed by atoms with Crippen molar-refractivity contribution in [3.05, 3.63) is 59.9 Å². The van der Waals surface area contributed by atoms with Crippen LogP contribution in [0.4, 0.5) is 0 Å². The van der Waals surface area contributed by atoms with Crippen molar-refractivity contribution in [2.45, 2.75) is 46.1 Å². The number of rotatable bonds is 9. The van der Waals surface area contributed by atoms with Gasteiger partial charge in [-0.15, -0.1) is 0 Å². The van der Waals surface area contributed by atoms with E-state index in [1.807, 2.05) is 50.5 Å². The second-order valence-corrected chi connectivity index (χ2v) is 6.15. The fourth-order valence-electron chi connectivity index (χ4n) is 2.97. The number of nitrogens with one attached hydrogen (secondary N) is 1. The zero-order valence-electron chi connectivity index (χ0n) is 16.2. The number of benzene rings is 1. The highest BCUT2D eigenvalue weighted by Crippen LogP contribution is 2.21. The van der Waals surface area contributed by atoms with Crippen molar-refractivity contribution in [3.8, 4) is 5.69 Å². The Labute approximate surface area is 161 Å². The topological polar surface area (TPSA) is 67.2 Å². The highest BCUT2D eigenvalue weighted by molar-refractivity contribution is 5.78. The molecule has 2 heterocycles. The fraction of sp³-hybridized carbons (Fsp3) is 0.364. The molecule has 0 radical (unpaired) electrons. The average molecular weight is 367 g/mol. The maximum Gasteiger partial charge on any atom is 0.207 e. The van der Waals surface area contributed by atoms with Crippen LogP contribution < -0.4 is 5.32 Å². The Kier molecular flexibility index (Phi) is 8.52. The van der Waals surface area contributed by atoms with Crippen LogP contribution in [0.25, 0.3) is 16.7 Å². The molecule has 0 aliphatic rings. The summed E-state index contributed by atoms with van der Waals surface area (Å²) in [5.74, 6) is 0. The van der Waals surface area contributed by atoms with Gasteiger partial charge in [0.2, 0.25) is 6.41 Å². The Morgan fingerprint density at radius 1 is 1.07 bits per heavy atom. The van der Waals surface area contributed by atoms with Crippen molar-refractivity contribution in [1.29, 1.82) is 0 Å². The van der Waals surface area contributed by atoms with Gasteiger partial charge in [-0.25, -0.2) is 4.98 Å². The summed E-state index contributed by atoms with van der Waals surface area (Å²) in [4.78, 5) is 14.8. The van der Waals surface area contributed by atoms with Crippen LogP contribution in [0, 0.1) is 0 Å². The minimum atomic E-state index is 0.0551. The minimum Gasteiger partial charge on any atom is -0.392 e. The standard InChI is InChI=1S/C20H23N3O2.C2H6/c24-14-16-5-7-19(8-6-16)23-11-9-18-12-17(13-22-20(18)23)4-2-1-3-10-21-15-25;1-2/h5-9,11-13,15,24H,1-4,10,14H2,(H,21,25);1-2H3. The third-order valence-electron chi connectivity index (χ3n) is 4.35. The second kappa shape index (κ2) is 11.1. The molecule has 0 atom stereocenters. The first kappa shape index (κ1) is 20.6. The van der Waals surface area contributed by atoms with Crippen LogP contribution in [-0.2, 0) is 17.8 Å². The van der Waals surface area contributed by atoms with Crippen LogP contribution in [0.2, 0.25) is 0 Å². The number of nitrogens with zero attached hydrogens (tertiary/aromatic N) is 2. The molecule has 144 valence electrons. The third kappa shape index (κ3) is 5.66. The summed E-state index contributed by atoms with van der Waals surface area (Å²) in [6.45, 7) is 4.80. The molecule has 1 amide bonds. The van der Waals surface area contributed by atoms with Gasteiger partial charge in [0.05, 0.1) is 6.61 Å². The maximum atomic E-state index is 10.2. The molecule has 0 aliphatic heterocycles. The molecule has 27 heavy (non-hydrogen) atoms. The quantitative estimate of drug-likeness (QED) is 0.444. The lowest BCUT2D eigenvalue weighted by Gasteiger charge is -2.07. The summed E-state index contributed by atoms with van der Waals surface area (Å²) in [7, 11) is 0. The molecule has 3 rings (SSSR count). The van der Waals surface area contributed by atoms with Crippen molar-refractivity contribution < 1.29 is 9.90 Å². The van der Waals surface area contributed by atoms with E-state index in [1.165, 1.54) is 5.56 Å². The molecule has 0 bridgehead atoms. The van der Waals surface area contributed by atoms with Crippen LogP contribution in [-0.4, -0.2) is 27.6 Å². The van der Waals surface area contributed by atoms with Crippen LogP contribution >= 0.6 is 0 Å². The number of carbonyl (C=O) groups excluding carboxylic acids is 1. The molecule has 0 aliphatic carbocycles. The van der Waals surface area contributed by atoms with E-state index in [2.05, 4.69) is 27.0 Å². The highest BCUT2D eigenvalue weighted by atomic mass is 16.3. The first-order valence-corrected chi connectivity index (χ1v) is 9.65. The van der Waals surface area contributed by atoms with E-state index in [9.17, 15) is 4.79 Å². The summed E-state index contributed by atoms with van der Waals surface area (Å²) >= 11 is 0. The summed E-state index contributed by atoms with van der Waals surface area (Å²) in [6.07, 6.45) is 8.92. The zero-order valence-corrected chi connectivity index (χ0v) is 16.2. The maximum absolute atomic E-state index is 10.2. The smallest absolute Gasteiger partial charge is 0.207 e. The molecule has 0 spiro atoms. The minimum absolute atomic E-state index is 0.0551. The van der Waals surface area contributed by atoms with Gasteiger partial charge in [0, 0.05) is 30.0 Å². The number of aromatic nitrogens is 2. The van der Waals surface area contributed by atoms with Gasteiger partial charge in [0.25, 0.3) is 0 Å². The Morgan fingerprint density at radius 3 is 2.56 bits per heavy atom. The molecule has 0 fully saturated rings. The Hall–Kier alpha value is -2.66. The summed E-state index contributed by atoms with van der Waals surface area (Å²) in [5.41, 5.74) is 4.12. The number of amides is 1. The first-order chi connectivity index (χ1) is 13.3. The monoisotopic (exact) mass is 367 g/mol. The number of hydrogen-bond donors (Lipinski definition) is 2. The number of aliphatic hydroxyl groups excluding tert-OH is 1. The lowest BCUT2D eigenvalue weighted by atomic mass is 10.1. The molecule has 2 N–H and O–H groups in total. The molecule has 2 aromatic heterocycles. The van der Waals surface area contributed by atoms with E-state index in [4.69, 9.17) is 5.11 Å². The fourth-order valence-corrected chi connectivity index (χ4v) is 2.97. The van der Waals surface area contributed by atoms with Gasteiger partial charge >= 0.3 is 0 Å². The lowest BCUT2D eigenvalue weighted by Crippen LogP contribution is -2.11. The summed E-state index contributed by atoms with van der Waals surface area (Å²) in [5, 5.41) is 13.0. The third-order valence-corrected chi connectivity index (χ3v) is 4.35. The second-order valence-electron chi connectivity index (χ2n) is 6.15. The van der Waals surface area contributed by atoms with Crippen molar-refractivity contribution in [3.63, 3.8) is 0 Å². The molecule has 0 saturated carbocycles. The summed E-state index contributed by atoms with van der Waals surface area (Å²) < 4.78 is 2.06. The van der Waals surface area contributed by atoms with Crippen LogP contribution in [0.5, 0.6) is 0 Å². The molecule has 0 saturated heterocycles. The number of aryl methyl sites for hydroxylation is 1. The van der Waals surface area contributed by atoms with Crippen molar-refractivity contribution >= 4 is 17.4 Å². The first-order valence-electron chi connectivity index (χ1n) is 9.65. The van der Waals surface area contributed by atoms with Crippen molar-refractivity contribution in [2.75, 3.05) is 6.54 Å². The average Bonchev–Trinajstić information content (AvgIpc) is 3.15. The van der Waals surface area contributed by atoms with Crippen LogP contribution in [0.15, 0.2) is 48.8 Å². The van der Waals surface area contributed by atoms with Crippen molar-refractivity contribution in [1.82, 2.24) is 14.9 Å². The number of pyridine rings is 1. The number of carbonyl (C=O) groups is 1. The molecule has 0 unspecified atom stereocenters. The SMILES string of the molecule is CC.O=CNCCCCCc1cnc2c(ccn2-c2ccc(CO)cc2)c1. The Morgan fingerprint density at radius 2 is 1.85 bits per heavy atom. The van der Waals surface area contributed by atoms with Gasteiger partial charge in [0.1, 0.15) is 5.65 Å².